The summed E-state index contributed by atoms with van der Waals surface area (Å²) >= 11 is 6.27. The van der Waals surface area contributed by atoms with Crippen LogP contribution in [-0.4, -0.2) is 26.0 Å². The molecule has 1 amide bonds. The Hall–Kier alpha value is -2.14. The van der Waals surface area contributed by atoms with Crippen LogP contribution in [0.5, 0.6) is 0 Å². The molecular weight excluding hydrogens is 348 g/mol. The van der Waals surface area contributed by atoms with E-state index in [9.17, 15) is 4.79 Å². The summed E-state index contributed by atoms with van der Waals surface area (Å²) in [5.41, 5.74) is 9.84. The monoisotopic (exact) mass is 371 g/mol. The molecule has 136 valence electrons. The number of nitrogens with zero attached hydrogens (tertiary/aromatic N) is 1. The minimum Gasteiger partial charge on any atom is -0.464 e. The summed E-state index contributed by atoms with van der Waals surface area (Å²) in [6, 6.07) is 13.7. The van der Waals surface area contributed by atoms with Crippen LogP contribution in [0.2, 0.25) is 5.02 Å². The maximum absolute atomic E-state index is 12.0. The fourth-order valence-corrected chi connectivity index (χ4v) is 3.46. The number of hydrogen-bond donors (Lipinski definition) is 1. The Labute approximate surface area is 158 Å². The van der Waals surface area contributed by atoms with Crippen LogP contribution in [0.3, 0.4) is 0 Å². The van der Waals surface area contributed by atoms with Gasteiger partial charge in [-0.25, -0.2) is 9.28 Å². The highest BCUT2D eigenvalue weighted by Crippen LogP contribution is 2.31. The lowest BCUT2D eigenvalue weighted by Crippen LogP contribution is -2.45. The fourth-order valence-electron chi connectivity index (χ4n) is 3.23. The molecule has 0 saturated heterocycles. The number of quaternary nitrogens is 1. The van der Waals surface area contributed by atoms with E-state index in [-0.39, 0.29) is 10.5 Å². The number of benzene rings is 2. The zero-order chi connectivity index (χ0) is 18.7. The maximum Gasteiger partial charge on any atom is 0.306 e. The molecular formula is C21H24ClN2O2+. The zero-order valence-corrected chi connectivity index (χ0v) is 15.9. The first-order valence-electron chi connectivity index (χ1n) is 8.74. The molecule has 1 unspecified atom stereocenters. The van der Waals surface area contributed by atoms with E-state index in [1.54, 1.807) is 6.26 Å². The van der Waals surface area contributed by atoms with E-state index in [4.69, 9.17) is 21.8 Å². The molecule has 0 aliphatic rings. The SMILES string of the molecule is CC(N)Cc1cc([N@@+](C)(C=O)CCc2ccccc2Cl)cc2ccoc12. The molecule has 3 rings (SSSR count). The van der Waals surface area contributed by atoms with Crippen molar-refractivity contribution in [2.45, 2.75) is 25.8 Å². The van der Waals surface area contributed by atoms with Crippen molar-refractivity contribution in [3.63, 3.8) is 0 Å². The molecule has 1 aromatic heterocycles. The summed E-state index contributed by atoms with van der Waals surface area (Å²) in [4.78, 5) is 12.0. The van der Waals surface area contributed by atoms with Crippen LogP contribution in [0.15, 0.2) is 53.1 Å². The molecule has 0 fully saturated rings. The van der Waals surface area contributed by atoms with Gasteiger partial charge in [0.05, 0.1) is 19.9 Å². The topological polar surface area (TPSA) is 56.2 Å². The van der Waals surface area contributed by atoms with Gasteiger partial charge in [-0.1, -0.05) is 29.8 Å². The fraction of sp³-hybridized carbons (Fsp3) is 0.286. The van der Waals surface area contributed by atoms with E-state index >= 15 is 0 Å². The molecule has 0 radical (unpaired) electrons. The van der Waals surface area contributed by atoms with Gasteiger partial charge in [0.15, 0.2) is 0 Å². The first-order chi connectivity index (χ1) is 12.4. The molecule has 2 N–H and O–H groups in total. The number of furan rings is 1. The lowest BCUT2D eigenvalue weighted by Gasteiger charge is -2.27. The van der Waals surface area contributed by atoms with Crippen molar-refractivity contribution in [1.82, 2.24) is 4.48 Å². The van der Waals surface area contributed by atoms with E-state index in [0.29, 0.717) is 19.4 Å². The lowest BCUT2D eigenvalue weighted by atomic mass is 10.0. The minimum absolute atomic E-state index is 0.0108. The van der Waals surface area contributed by atoms with E-state index in [0.717, 1.165) is 39.2 Å². The average molecular weight is 372 g/mol. The highest BCUT2D eigenvalue weighted by molar-refractivity contribution is 6.31. The third kappa shape index (κ3) is 3.83. The highest BCUT2D eigenvalue weighted by Gasteiger charge is 2.27. The van der Waals surface area contributed by atoms with Gasteiger partial charge in [-0.15, -0.1) is 0 Å². The van der Waals surface area contributed by atoms with Crippen molar-refractivity contribution in [2.75, 3.05) is 13.6 Å². The molecule has 0 aliphatic carbocycles. The van der Waals surface area contributed by atoms with E-state index in [1.165, 1.54) is 0 Å². The molecule has 0 aliphatic heterocycles. The van der Waals surface area contributed by atoms with Gasteiger partial charge in [0, 0.05) is 40.6 Å². The van der Waals surface area contributed by atoms with Crippen molar-refractivity contribution in [2.24, 2.45) is 5.73 Å². The quantitative estimate of drug-likeness (QED) is 0.497. The standard InChI is InChI=1S/C21H24ClN2O2/c1-15(23)11-18-13-19(12-17-8-10-26-21(17)18)24(2,14-25)9-7-16-5-3-4-6-20(16)22/h3-6,8,10,12-15H,7,9,11,23H2,1-2H3/q+1/t15?,24-/m1/s1. The molecule has 2 aromatic carbocycles. The number of nitrogens with two attached hydrogens (primary N) is 1. The molecule has 3 aromatic rings. The summed E-state index contributed by atoms with van der Waals surface area (Å²) < 4.78 is 5.79. The third-order valence-corrected chi connectivity index (χ3v) is 5.15. The van der Waals surface area contributed by atoms with Crippen LogP contribution >= 0.6 is 11.6 Å². The third-order valence-electron chi connectivity index (χ3n) is 4.78. The second-order valence-corrected chi connectivity index (χ2v) is 7.47. The molecule has 26 heavy (non-hydrogen) atoms. The van der Waals surface area contributed by atoms with Gasteiger partial charge in [-0.3, -0.25) is 0 Å². The maximum atomic E-state index is 12.0. The van der Waals surface area contributed by atoms with E-state index in [2.05, 4.69) is 0 Å². The molecule has 4 nitrogen and oxygen atoms in total. The minimum atomic E-state index is 0.0108. The lowest BCUT2D eigenvalue weighted by molar-refractivity contribution is -0.116. The second kappa shape index (κ2) is 7.62. The summed E-state index contributed by atoms with van der Waals surface area (Å²) in [6.45, 7) is 2.58. The Kier molecular flexibility index (Phi) is 5.47. The normalized spacial score (nSPS) is 14.9. The summed E-state index contributed by atoms with van der Waals surface area (Å²) in [5.74, 6) is 0. The first kappa shape index (κ1) is 18.6. The van der Waals surface area contributed by atoms with Crippen molar-refractivity contribution >= 4 is 34.7 Å². The molecule has 0 spiro atoms. The van der Waals surface area contributed by atoms with Crippen LogP contribution in [0.4, 0.5) is 5.69 Å². The number of carbonyl (C=O) groups is 1. The van der Waals surface area contributed by atoms with Crippen LogP contribution in [0.1, 0.15) is 18.1 Å². The first-order valence-corrected chi connectivity index (χ1v) is 9.12. The van der Waals surface area contributed by atoms with Crippen LogP contribution < -0.4 is 10.2 Å². The largest absolute Gasteiger partial charge is 0.464 e. The van der Waals surface area contributed by atoms with Gasteiger partial charge < -0.3 is 10.2 Å². The number of carbonyl (C=O) groups excluding carboxylic acids is 1. The Morgan fingerprint density at radius 3 is 2.69 bits per heavy atom. The van der Waals surface area contributed by atoms with Crippen molar-refractivity contribution in [3.8, 4) is 0 Å². The molecule has 5 heteroatoms. The summed E-state index contributed by atoms with van der Waals surface area (Å²) in [6.07, 6.45) is 4.06. The highest BCUT2D eigenvalue weighted by atomic mass is 35.5. The summed E-state index contributed by atoms with van der Waals surface area (Å²) in [7, 11) is 1.92. The Bertz CT molecular complexity index is 919. The summed E-state index contributed by atoms with van der Waals surface area (Å²) in [5, 5.41) is 1.72. The Morgan fingerprint density at radius 2 is 2.00 bits per heavy atom. The molecule has 0 saturated carbocycles. The zero-order valence-electron chi connectivity index (χ0n) is 15.1. The number of rotatable bonds is 7. The number of likely N-dealkylation sites (N-methyl/N-ethyl adjacent to an activating group) is 1. The Balaban J connectivity index is 1.95. The predicted molar refractivity (Wildman–Crippen MR) is 107 cm³/mol. The van der Waals surface area contributed by atoms with Crippen LogP contribution in [0.25, 0.3) is 11.0 Å². The Morgan fingerprint density at radius 1 is 1.23 bits per heavy atom. The van der Waals surface area contributed by atoms with Gasteiger partial charge >= 0.3 is 6.41 Å². The number of amides is 1. The molecule has 2 atom stereocenters. The van der Waals surface area contributed by atoms with Crippen LogP contribution in [0, 0.1) is 0 Å². The molecule has 0 bridgehead atoms. The van der Waals surface area contributed by atoms with E-state index in [1.807, 2.05) is 56.4 Å². The smallest absolute Gasteiger partial charge is 0.306 e. The average Bonchev–Trinajstić information content (AvgIpc) is 3.09. The van der Waals surface area contributed by atoms with Gasteiger partial charge in [0.2, 0.25) is 0 Å². The number of halogens is 1. The second-order valence-electron chi connectivity index (χ2n) is 7.06. The van der Waals surface area contributed by atoms with Gasteiger partial charge in [-0.2, -0.15) is 0 Å². The van der Waals surface area contributed by atoms with Gasteiger partial charge in [-0.05, 0) is 31.0 Å². The predicted octanol–water partition coefficient (Wildman–Crippen LogP) is 4.31. The van der Waals surface area contributed by atoms with E-state index < -0.39 is 0 Å². The number of fused-ring (bicyclic) bond motifs is 1. The van der Waals surface area contributed by atoms with Gasteiger partial charge in [0.25, 0.3) is 0 Å². The van der Waals surface area contributed by atoms with Crippen LogP contribution in [-0.2, 0) is 17.6 Å². The van der Waals surface area contributed by atoms with Crippen molar-refractivity contribution in [1.29, 1.82) is 0 Å². The van der Waals surface area contributed by atoms with Gasteiger partial charge in [0.1, 0.15) is 11.3 Å². The van der Waals surface area contributed by atoms with Crippen molar-refractivity contribution in [3.05, 3.63) is 64.9 Å². The molecule has 1 heterocycles. The number of hydrogen-bond acceptors (Lipinski definition) is 3. The van der Waals surface area contributed by atoms with Crippen molar-refractivity contribution < 1.29 is 9.21 Å².